The summed E-state index contributed by atoms with van der Waals surface area (Å²) >= 11 is 5.70. The molecule has 0 heterocycles. The molecule has 3 rings (SSSR count). The molecule has 22 heavy (non-hydrogen) atoms. The summed E-state index contributed by atoms with van der Waals surface area (Å²) in [5.74, 6) is 0. The molecule has 0 saturated carbocycles. The van der Waals surface area contributed by atoms with Gasteiger partial charge in [0.05, 0.1) is 0 Å². The number of allylic oxidation sites excluding steroid dienone is 5. The van der Waals surface area contributed by atoms with E-state index in [9.17, 15) is 0 Å². The van der Waals surface area contributed by atoms with E-state index in [1.165, 1.54) is 22.3 Å². The van der Waals surface area contributed by atoms with Gasteiger partial charge in [-0.1, -0.05) is 0 Å². The van der Waals surface area contributed by atoms with E-state index in [2.05, 4.69) is 95.5 Å². The zero-order valence-electron chi connectivity index (χ0n) is 13.8. The molecule has 1 atom stereocenters. The molecule has 0 radical (unpaired) electrons. The minimum absolute atomic E-state index is 0.162. The Hall–Kier alpha value is 0.283. The fourth-order valence-corrected chi connectivity index (χ4v) is 23.1. The Bertz CT molecular complexity index is 714. The second kappa shape index (κ2) is 5.67. The molecule has 0 aromatic heterocycles. The van der Waals surface area contributed by atoms with Crippen molar-refractivity contribution in [2.24, 2.45) is 0 Å². The normalized spacial score (nSPS) is 23.5. The number of rotatable bonds is 2. The number of benzene rings is 1. The summed E-state index contributed by atoms with van der Waals surface area (Å²) < 4.78 is 0.675. The summed E-state index contributed by atoms with van der Waals surface area (Å²) in [5, 5.41) is 0. The summed E-state index contributed by atoms with van der Waals surface area (Å²) in [6.07, 6.45) is 4.71. The van der Waals surface area contributed by atoms with Gasteiger partial charge in [-0.05, 0) is 0 Å². The first kappa shape index (κ1) is 17.1. The second-order valence-electron chi connectivity index (χ2n) is 6.71. The average molecular weight is 501 g/mol. The molecule has 0 N–H and O–H groups in total. The Labute approximate surface area is 150 Å². The first-order valence-corrected chi connectivity index (χ1v) is 21.6. The fraction of sp³-hybridized carbons (Fsp3) is 0.368. The summed E-state index contributed by atoms with van der Waals surface area (Å²) in [4.78, 5) is 0. The van der Waals surface area contributed by atoms with Crippen LogP contribution < -0.4 is 0 Å². The van der Waals surface area contributed by atoms with Gasteiger partial charge < -0.3 is 0 Å². The Morgan fingerprint density at radius 3 is 2.09 bits per heavy atom. The van der Waals surface area contributed by atoms with Gasteiger partial charge >= 0.3 is 151 Å². The molecule has 2 aliphatic carbocycles. The molecule has 0 amide bonds. The van der Waals surface area contributed by atoms with Crippen LogP contribution in [0, 0.1) is 0 Å². The zero-order chi connectivity index (χ0) is 16.3. The molecule has 116 valence electrons. The van der Waals surface area contributed by atoms with Crippen molar-refractivity contribution < 1.29 is 15.6 Å². The van der Waals surface area contributed by atoms with Crippen LogP contribution in [0.25, 0.3) is 6.08 Å². The predicted molar refractivity (Wildman–Crippen MR) is 101 cm³/mol. The molecule has 0 aliphatic heterocycles. The van der Waals surface area contributed by atoms with Crippen LogP contribution in [0.3, 0.4) is 0 Å². The Balaban J connectivity index is 2.15. The Morgan fingerprint density at radius 2 is 1.50 bits per heavy atom. The molecule has 1 aromatic rings. The van der Waals surface area contributed by atoms with E-state index in [0.717, 1.165) is 0 Å². The first-order valence-electron chi connectivity index (χ1n) is 7.74. The van der Waals surface area contributed by atoms with Gasteiger partial charge in [-0.15, -0.1) is 0 Å². The SMILES string of the molecule is CC1=C(C)[C](C)([Zr]([Br])([Br])[CH]2C=Cc3ccccc32)C(C)=C1C. The molecular weight excluding hydrogens is 479 g/mol. The zero-order valence-corrected chi connectivity index (χ0v) is 19.4. The van der Waals surface area contributed by atoms with E-state index < -0.39 is 15.6 Å². The monoisotopic (exact) mass is 498 g/mol. The average Bonchev–Trinajstić information content (AvgIpc) is 3.00. The van der Waals surface area contributed by atoms with E-state index >= 15 is 0 Å². The van der Waals surface area contributed by atoms with Crippen LogP contribution in [0.4, 0.5) is 0 Å². The molecule has 2 aliphatic rings. The van der Waals surface area contributed by atoms with Crippen molar-refractivity contribution in [2.45, 2.75) is 41.4 Å². The fourth-order valence-electron chi connectivity index (χ4n) is 3.97. The molecule has 0 saturated heterocycles. The van der Waals surface area contributed by atoms with Crippen LogP contribution >= 0.6 is 24.4 Å². The molecule has 0 spiro atoms. The minimum atomic E-state index is -2.90. The summed E-state index contributed by atoms with van der Waals surface area (Å²) in [5.41, 5.74) is 8.92. The van der Waals surface area contributed by atoms with Gasteiger partial charge in [0.15, 0.2) is 0 Å². The van der Waals surface area contributed by atoms with Crippen LogP contribution in [0.2, 0.25) is 3.12 Å². The van der Waals surface area contributed by atoms with E-state index in [-0.39, 0.29) is 3.12 Å². The number of hydrogen-bond acceptors (Lipinski definition) is 0. The summed E-state index contributed by atoms with van der Waals surface area (Å²) in [6, 6.07) is 8.82. The standard InChI is InChI=1S/C10H15.C9H7.2BrH.Zr/c1-6-7(2)9(4)10(5)8(6)3;1-2-5-9-7-3-6-8(9)4-1;;;/h1-5H3;1-7H;2*1H;/q;;;;+2/p-2. The maximum atomic E-state index is 4.30. The summed E-state index contributed by atoms with van der Waals surface area (Å²) in [6.45, 7) is 11.7. The number of halogens is 2. The first-order chi connectivity index (χ1) is 10.2. The van der Waals surface area contributed by atoms with Crippen LogP contribution in [0.5, 0.6) is 0 Å². The van der Waals surface area contributed by atoms with E-state index in [1.807, 2.05) is 0 Å². The van der Waals surface area contributed by atoms with Crippen LogP contribution in [-0.4, -0.2) is 0 Å². The molecule has 1 unspecified atom stereocenters. The van der Waals surface area contributed by atoms with Crippen molar-refractivity contribution in [1.82, 2.24) is 0 Å². The quantitative estimate of drug-likeness (QED) is 0.396. The van der Waals surface area contributed by atoms with Crippen LogP contribution in [-0.2, 0) is 15.6 Å². The molecular formula is C19H22Br2Zr. The van der Waals surface area contributed by atoms with Gasteiger partial charge in [0, 0.05) is 0 Å². The Kier molecular flexibility index (Phi) is 4.41. The molecule has 0 bridgehead atoms. The van der Waals surface area contributed by atoms with Gasteiger partial charge in [0.25, 0.3) is 0 Å². The third-order valence-corrected chi connectivity index (χ3v) is 29.5. The van der Waals surface area contributed by atoms with Crippen LogP contribution in [0.1, 0.15) is 49.4 Å². The summed E-state index contributed by atoms with van der Waals surface area (Å²) in [7, 11) is 0. The maximum absolute atomic E-state index is 4.30. The van der Waals surface area contributed by atoms with Crippen molar-refractivity contribution >= 4 is 30.5 Å². The van der Waals surface area contributed by atoms with Gasteiger partial charge in [-0.3, -0.25) is 0 Å². The number of hydrogen-bond donors (Lipinski definition) is 0. The van der Waals surface area contributed by atoms with E-state index in [0.29, 0.717) is 3.63 Å². The molecule has 0 fully saturated rings. The third-order valence-electron chi connectivity index (χ3n) is 6.04. The van der Waals surface area contributed by atoms with Crippen LogP contribution in [0.15, 0.2) is 52.6 Å². The van der Waals surface area contributed by atoms with Gasteiger partial charge in [0.1, 0.15) is 0 Å². The number of fused-ring (bicyclic) bond motifs is 1. The van der Waals surface area contributed by atoms with Gasteiger partial charge in [-0.2, -0.15) is 0 Å². The third kappa shape index (κ3) is 2.15. The molecule has 0 nitrogen and oxygen atoms in total. The van der Waals surface area contributed by atoms with Crippen molar-refractivity contribution in [3.8, 4) is 0 Å². The Morgan fingerprint density at radius 1 is 0.955 bits per heavy atom. The van der Waals surface area contributed by atoms with Crippen molar-refractivity contribution in [2.75, 3.05) is 0 Å². The molecule has 3 heteroatoms. The van der Waals surface area contributed by atoms with Crippen molar-refractivity contribution in [3.05, 3.63) is 63.8 Å². The van der Waals surface area contributed by atoms with Gasteiger partial charge in [0.2, 0.25) is 0 Å². The van der Waals surface area contributed by atoms with E-state index in [1.54, 1.807) is 11.1 Å². The van der Waals surface area contributed by atoms with E-state index in [4.69, 9.17) is 0 Å². The van der Waals surface area contributed by atoms with Crippen molar-refractivity contribution in [1.29, 1.82) is 0 Å². The van der Waals surface area contributed by atoms with Gasteiger partial charge in [-0.25, -0.2) is 0 Å². The molecule has 1 aromatic carbocycles. The second-order valence-corrected chi connectivity index (χ2v) is 34.9. The predicted octanol–water partition coefficient (Wildman–Crippen LogP) is 7.39. The van der Waals surface area contributed by atoms with Crippen molar-refractivity contribution in [3.63, 3.8) is 0 Å². The topological polar surface area (TPSA) is 0 Å².